The summed E-state index contributed by atoms with van der Waals surface area (Å²) in [6.45, 7) is 0. The zero-order valence-electron chi connectivity index (χ0n) is 11.2. The molecular weight excluding hydrogens is 325 g/mol. The monoisotopic (exact) mass is 337 g/mol. The van der Waals surface area contributed by atoms with Crippen molar-refractivity contribution in [2.24, 2.45) is 0 Å². The number of Topliss-reactive ketones (excluding diaryl/α,β-unsaturated/α-hetero) is 1. The van der Waals surface area contributed by atoms with Crippen LogP contribution >= 0.6 is 34.5 Å². The number of carbonyl (C=O) groups is 1. The number of halogens is 2. The quantitative estimate of drug-likeness (QED) is 0.721. The topological polar surface area (TPSA) is 40.9 Å². The highest BCUT2D eigenvalue weighted by Crippen LogP contribution is 2.29. The molecule has 108 valence electrons. The maximum absolute atomic E-state index is 12.2. The number of ketones is 1. The van der Waals surface area contributed by atoms with Crippen LogP contribution in [0.2, 0.25) is 10.0 Å². The van der Waals surface area contributed by atoms with Gasteiger partial charge in [0, 0.05) is 21.3 Å². The van der Waals surface area contributed by atoms with Gasteiger partial charge in [-0.2, -0.15) is 5.26 Å². The lowest BCUT2D eigenvalue weighted by Gasteiger charge is -2.10. The maximum Gasteiger partial charge on any atom is 0.154 e. The standard InChI is InChI=1S/C16H13Cl2NOS/c17-11-6-7-13(15(18)9-11)14(10-19)16(20)5-1-3-12-4-2-8-21-12/h2,4,6-9,14H,1,3,5H2. The first kappa shape index (κ1) is 16.0. The number of hydrogen-bond donors (Lipinski definition) is 0. The van der Waals surface area contributed by atoms with Gasteiger partial charge >= 0.3 is 0 Å². The Kier molecular flexibility index (Phi) is 5.81. The molecule has 0 saturated carbocycles. The summed E-state index contributed by atoms with van der Waals surface area (Å²) in [7, 11) is 0. The van der Waals surface area contributed by atoms with Crippen molar-refractivity contribution in [1.29, 1.82) is 5.26 Å². The van der Waals surface area contributed by atoms with Crippen molar-refractivity contribution in [2.45, 2.75) is 25.2 Å². The Balaban J connectivity index is 2.00. The number of hydrogen-bond acceptors (Lipinski definition) is 3. The molecule has 0 aliphatic rings. The smallest absolute Gasteiger partial charge is 0.154 e. The Hall–Kier alpha value is -1.34. The van der Waals surface area contributed by atoms with E-state index < -0.39 is 5.92 Å². The molecule has 0 N–H and O–H groups in total. The van der Waals surface area contributed by atoms with Gasteiger partial charge in [-0.05, 0) is 42.0 Å². The van der Waals surface area contributed by atoms with Crippen LogP contribution in [-0.2, 0) is 11.2 Å². The number of rotatable bonds is 6. The molecule has 1 unspecified atom stereocenters. The minimum absolute atomic E-state index is 0.0988. The molecule has 1 atom stereocenters. The van der Waals surface area contributed by atoms with Crippen molar-refractivity contribution >= 4 is 40.3 Å². The Bertz CT molecular complexity index is 661. The zero-order chi connectivity index (χ0) is 15.2. The molecule has 0 bridgehead atoms. The highest BCUT2D eigenvalue weighted by Gasteiger charge is 2.22. The maximum atomic E-state index is 12.2. The summed E-state index contributed by atoms with van der Waals surface area (Å²) >= 11 is 13.6. The molecule has 1 heterocycles. The van der Waals surface area contributed by atoms with Crippen LogP contribution < -0.4 is 0 Å². The van der Waals surface area contributed by atoms with Gasteiger partial charge < -0.3 is 0 Å². The van der Waals surface area contributed by atoms with Gasteiger partial charge in [-0.1, -0.05) is 35.3 Å². The number of benzene rings is 1. The van der Waals surface area contributed by atoms with E-state index in [2.05, 4.69) is 0 Å². The Morgan fingerprint density at radius 2 is 2.14 bits per heavy atom. The van der Waals surface area contributed by atoms with Gasteiger partial charge in [-0.3, -0.25) is 4.79 Å². The Morgan fingerprint density at radius 1 is 1.33 bits per heavy atom. The van der Waals surface area contributed by atoms with Crippen molar-refractivity contribution in [3.63, 3.8) is 0 Å². The van der Waals surface area contributed by atoms with Gasteiger partial charge in [0.25, 0.3) is 0 Å². The predicted molar refractivity (Wildman–Crippen MR) is 87.1 cm³/mol. The van der Waals surface area contributed by atoms with Crippen LogP contribution in [0.3, 0.4) is 0 Å². The second-order valence-corrected chi connectivity index (χ2v) is 6.50. The average Bonchev–Trinajstić information content (AvgIpc) is 2.95. The van der Waals surface area contributed by atoms with Gasteiger partial charge in [0.2, 0.25) is 0 Å². The first-order valence-electron chi connectivity index (χ1n) is 6.51. The van der Waals surface area contributed by atoms with Crippen LogP contribution in [0.15, 0.2) is 35.7 Å². The summed E-state index contributed by atoms with van der Waals surface area (Å²) in [6, 6.07) is 10.9. The van der Waals surface area contributed by atoms with Crippen molar-refractivity contribution < 1.29 is 4.79 Å². The zero-order valence-corrected chi connectivity index (χ0v) is 13.5. The fraction of sp³-hybridized carbons (Fsp3) is 0.250. The van der Waals surface area contributed by atoms with E-state index in [0.29, 0.717) is 22.0 Å². The molecule has 0 amide bonds. The summed E-state index contributed by atoms with van der Waals surface area (Å²) in [4.78, 5) is 13.5. The van der Waals surface area contributed by atoms with Crippen LogP contribution in [0.25, 0.3) is 0 Å². The van der Waals surface area contributed by atoms with Crippen LogP contribution in [0.1, 0.15) is 29.2 Å². The van der Waals surface area contributed by atoms with Gasteiger partial charge in [0.1, 0.15) is 5.92 Å². The summed E-state index contributed by atoms with van der Waals surface area (Å²) < 4.78 is 0. The first-order chi connectivity index (χ1) is 10.1. The Morgan fingerprint density at radius 3 is 2.76 bits per heavy atom. The van der Waals surface area contributed by atoms with Crippen molar-refractivity contribution in [1.82, 2.24) is 0 Å². The number of aryl methyl sites for hydroxylation is 1. The molecule has 2 rings (SSSR count). The third-order valence-corrected chi connectivity index (χ3v) is 4.65. The van der Waals surface area contributed by atoms with Crippen molar-refractivity contribution in [3.05, 3.63) is 56.2 Å². The van der Waals surface area contributed by atoms with E-state index in [9.17, 15) is 10.1 Å². The van der Waals surface area contributed by atoms with E-state index >= 15 is 0 Å². The van der Waals surface area contributed by atoms with Crippen molar-refractivity contribution in [3.8, 4) is 6.07 Å². The molecule has 0 aliphatic heterocycles. The minimum Gasteiger partial charge on any atom is -0.298 e. The third-order valence-electron chi connectivity index (χ3n) is 3.15. The first-order valence-corrected chi connectivity index (χ1v) is 8.15. The number of nitriles is 1. The number of thiophene rings is 1. The van der Waals surface area contributed by atoms with E-state index in [-0.39, 0.29) is 5.78 Å². The molecule has 0 saturated heterocycles. The number of carbonyl (C=O) groups excluding carboxylic acids is 1. The molecule has 0 radical (unpaired) electrons. The van der Waals surface area contributed by atoms with Crippen molar-refractivity contribution in [2.75, 3.05) is 0 Å². The van der Waals surface area contributed by atoms with E-state index in [1.54, 1.807) is 29.5 Å². The van der Waals surface area contributed by atoms with Crippen LogP contribution in [0, 0.1) is 11.3 Å². The van der Waals surface area contributed by atoms with E-state index in [0.717, 1.165) is 12.8 Å². The van der Waals surface area contributed by atoms with Gasteiger partial charge in [0.05, 0.1) is 6.07 Å². The molecular formula is C16H13Cl2NOS. The highest BCUT2D eigenvalue weighted by atomic mass is 35.5. The number of nitrogens with zero attached hydrogens (tertiary/aromatic N) is 1. The molecule has 5 heteroatoms. The molecule has 0 fully saturated rings. The van der Waals surface area contributed by atoms with Gasteiger partial charge in [0.15, 0.2) is 5.78 Å². The van der Waals surface area contributed by atoms with Gasteiger partial charge in [-0.25, -0.2) is 0 Å². The van der Waals surface area contributed by atoms with E-state index in [1.807, 2.05) is 23.6 Å². The van der Waals surface area contributed by atoms with Crippen LogP contribution in [0.5, 0.6) is 0 Å². The lowest BCUT2D eigenvalue weighted by atomic mass is 9.93. The van der Waals surface area contributed by atoms with Crippen LogP contribution in [0.4, 0.5) is 0 Å². The molecule has 1 aromatic carbocycles. The summed E-state index contributed by atoms with van der Waals surface area (Å²) in [5.74, 6) is -0.920. The summed E-state index contributed by atoms with van der Waals surface area (Å²) in [5, 5.41) is 12.1. The third kappa shape index (κ3) is 4.31. The summed E-state index contributed by atoms with van der Waals surface area (Å²) in [5.41, 5.74) is 0.532. The van der Waals surface area contributed by atoms with E-state index in [1.165, 1.54) is 4.88 Å². The minimum atomic E-state index is -0.821. The SMILES string of the molecule is N#CC(C(=O)CCCc1cccs1)c1ccc(Cl)cc1Cl. The molecule has 1 aromatic heterocycles. The fourth-order valence-electron chi connectivity index (χ4n) is 2.09. The Labute approximate surface area is 137 Å². The predicted octanol–water partition coefficient (Wildman–Crippen LogP) is 5.25. The normalized spacial score (nSPS) is 11.9. The van der Waals surface area contributed by atoms with E-state index in [4.69, 9.17) is 23.2 Å². The van der Waals surface area contributed by atoms with Crippen LogP contribution in [-0.4, -0.2) is 5.78 Å². The largest absolute Gasteiger partial charge is 0.298 e. The fourth-order valence-corrected chi connectivity index (χ4v) is 3.36. The average molecular weight is 338 g/mol. The molecule has 21 heavy (non-hydrogen) atoms. The lowest BCUT2D eigenvalue weighted by molar-refractivity contribution is -0.119. The molecule has 2 aromatic rings. The lowest BCUT2D eigenvalue weighted by Crippen LogP contribution is -2.11. The van der Waals surface area contributed by atoms with Gasteiger partial charge in [-0.15, -0.1) is 11.3 Å². The second-order valence-electron chi connectivity index (χ2n) is 4.63. The molecule has 0 spiro atoms. The molecule has 2 nitrogen and oxygen atoms in total. The second kappa shape index (κ2) is 7.61. The summed E-state index contributed by atoms with van der Waals surface area (Å²) in [6.07, 6.45) is 1.97. The molecule has 0 aliphatic carbocycles. The highest BCUT2D eigenvalue weighted by molar-refractivity contribution is 7.09.